The van der Waals surface area contributed by atoms with Crippen LogP contribution in [-0.2, 0) is 0 Å². The van der Waals surface area contributed by atoms with Gasteiger partial charge in [-0.2, -0.15) is 0 Å². The molecule has 3 N–H and O–H groups in total. The Morgan fingerprint density at radius 1 is 1.44 bits per heavy atom. The Morgan fingerprint density at radius 3 is 2.69 bits per heavy atom. The van der Waals surface area contributed by atoms with Crippen LogP contribution in [-0.4, -0.2) is 22.2 Å². The molecule has 0 saturated carbocycles. The normalized spacial score (nSPS) is 11.3. The molecule has 6 heteroatoms. The maximum Gasteiger partial charge on any atom is 0.499 e. The number of fused-ring (bicyclic) bond motifs is 1. The van der Waals surface area contributed by atoms with Crippen LogP contribution in [0.5, 0.6) is 0 Å². The maximum absolute atomic E-state index is 11.6. The zero-order chi connectivity index (χ0) is 11.9. The van der Waals surface area contributed by atoms with Crippen molar-refractivity contribution < 1.29 is 10.0 Å². The molecule has 0 spiro atoms. The van der Waals surface area contributed by atoms with E-state index in [9.17, 15) is 4.79 Å². The molecule has 0 radical (unpaired) electrons. The zero-order valence-electron chi connectivity index (χ0n) is 9.02. The van der Waals surface area contributed by atoms with Gasteiger partial charge in [-0.15, -0.1) is 11.3 Å². The molecule has 0 saturated heterocycles. The first-order chi connectivity index (χ1) is 7.50. The fourth-order valence-electron chi connectivity index (χ4n) is 1.64. The number of aromatic nitrogens is 1. The molecule has 0 unspecified atom stereocenters. The van der Waals surface area contributed by atoms with E-state index in [2.05, 4.69) is 4.98 Å². The lowest BCUT2D eigenvalue weighted by molar-refractivity contribution is 0.427. The van der Waals surface area contributed by atoms with Crippen LogP contribution < -0.4 is 10.3 Å². The summed E-state index contributed by atoms with van der Waals surface area (Å²) in [6.45, 7) is 4.06. The monoisotopic (exact) mass is 237 g/mol. The third-order valence-electron chi connectivity index (χ3n) is 2.49. The molecule has 0 aliphatic carbocycles. The molecule has 0 fully saturated rings. The van der Waals surface area contributed by atoms with Crippen LogP contribution in [0.25, 0.3) is 10.1 Å². The van der Waals surface area contributed by atoms with E-state index in [4.69, 9.17) is 10.0 Å². The average molecular weight is 237 g/mol. The van der Waals surface area contributed by atoms with Gasteiger partial charge in [-0.1, -0.05) is 13.8 Å². The highest BCUT2D eigenvalue weighted by Crippen LogP contribution is 2.25. The summed E-state index contributed by atoms with van der Waals surface area (Å²) in [6.07, 6.45) is 1.69. The fraction of sp³-hybridized carbons (Fsp3) is 0.300. The smallest absolute Gasteiger partial charge is 0.423 e. The fourth-order valence-corrected chi connectivity index (χ4v) is 2.83. The number of hydrogen-bond donors (Lipinski definition) is 3. The predicted octanol–water partition coefficient (Wildman–Crippen LogP) is 0.393. The van der Waals surface area contributed by atoms with Gasteiger partial charge >= 0.3 is 7.12 Å². The first-order valence-corrected chi connectivity index (χ1v) is 5.83. The van der Waals surface area contributed by atoms with E-state index in [0.717, 1.165) is 10.3 Å². The minimum Gasteiger partial charge on any atom is -0.423 e. The number of aromatic amines is 1. The van der Waals surface area contributed by atoms with Gasteiger partial charge in [-0.25, -0.2) is 0 Å². The van der Waals surface area contributed by atoms with Crippen LogP contribution in [0.3, 0.4) is 0 Å². The second-order valence-corrected chi connectivity index (χ2v) is 5.08. The molecular formula is C10H12BNO3S. The lowest BCUT2D eigenvalue weighted by atomic mass is 9.89. The molecule has 0 amide bonds. The molecule has 0 aliphatic heterocycles. The van der Waals surface area contributed by atoms with E-state index in [1.54, 1.807) is 6.20 Å². The Balaban J connectivity index is 2.78. The van der Waals surface area contributed by atoms with Crippen molar-refractivity contribution in [3.05, 3.63) is 28.2 Å². The van der Waals surface area contributed by atoms with Crippen molar-refractivity contribution in [1.82, 2.24) is 4.98 Å². The summed E-state index contributed by atoms with van der Waals surface area (Å²) in [5.41, 5.74) is 0.828. The van der Waals surface area contributed by atoms with Gasteiger partial charge in [0.2, 0.25) is 0 Å². The van der Waals surface area contributed by atoms with E-state index < -0.39 is 7.12 Å². The first kappa shape index (κ1) is 11.4. The zero-order valence-corrected chi connectivity index (χ0v) is 9.84. The molecule has 84 valence electrons. The summed E-state index contributed by atoms with van der Waals surface area (Å²) >= 11 is 1.25. The van der Waals surface area contributed by atoms with Crippen molar-refractivity contribution in [2.24, 2.45) is 0 Å². The Hall–Kier alpha value is -1.11. The summed E-state index contributed by atoms with van der Waals surface area (Å²) in [5, 5.41) is 18.7. The van der Waals surface area contributed by atoms with Gasteiger partial charge < -0.3 is 15.0 Å². The SMILES string of the molecule is CC(C)c1c[nH]c(=O)c2cc(B(O)O)sc12. The van der Waals surface area contributed by atoms with Gasteiger partial charge in [0.25, 0.3) is 5.56 Å². The number of nitrogens with one attached hydrogen (secondary N) is 1. The van der Waals surface area contributed by atoms with Crippen LogP contribution in [0.1, 0.15) is 25.3 Å². The van der Waals surface area contributed by atoms with Crippen molar-refractivity contribution in [3.63, 3.8) is 0 Å². The summed E-state index contributed by atoms with van der Waals surface area (Å²) in [5.74, 6) is 0.279. The highest BCUT2D eigenvalue weighted by atomic mass is 32.1. The van der Waals surface area contributed by atoms with Crippen LogP contribution in [0.4, 0.5) is 0 Å². The number of hydrogen-bond acceptors (Lipinski definition) is 4. The largest absolute Gasteiger partial charge is 0.499 e. The highest BCUT2D eigenvalue weighted by molar-refractivity contribution is 7.28. The van der Waals surface area contributed by atoms with Gasteiger partial charge in [0.1, 0.15) is 0 Å². The van der Waals surface area contributed by atoms with Crippen molar-refractivity contribution >= 4 is 33.3 Å². The topological polar surface area (TPSA) is 73.3 Å². The van der Waals surface area contributed by atoms with E-state index in [1.807, 2.05) is 13.8 Å². The molecule has 4 nitrogen and oxygen atoms in total. The summed E-state index contributed by atoms with van der Waals surface area (Å²) in [7, 11) is -1.52. The molecule has 0 aromatic carbocycles. The van der Waals surface area contributed by atoms with E-state index in [-0.39, 0.29) is 11.5 Å². The maximum atomic E-state index is 11.6. The quantitative estimate of drug-likeness (QED) is 0.661. The number of rotatable bonds is 2. The van der Waals surface area contributed by atoms with E-state index in [1.165, 1.54) is 17.4 Å². The Bertz CT molecular complexity index is 573. The van der Waals surface area contributed by atoms with Gasteiger partial charge in [-0.05, 0) is 17.5 Å². The summed E-state index contributed by atoms with van der Waals surface area (Å²) in [6, 6.07) is 1.54. The molecule has 2 rings (SSSR count). The lowest BCUT2D eigenvalue weighted by Gasteiger charge is -2.05. The first-order valence-electron chi connectivity index (χ1n) is 5.02. The molecule has 0 atom stereocenters. The molecule has 0 aliphatic rings. The standard InChI is InChI=1S/C10H12BNO3S/c1-5(2)7-4-12-10(13)6-3-8(11(14)15)16-9(6)7/h3-5,14-15H,1-2H3,(H,12,13). The third-order valence-corrected chi connectivity index (χ3v) is 3.72. The highest BCUT2D eigenvalue weighted by Gasteiger charge is 2.18. The van der Waals surface area contributed by atoms with E-state index in [0.29, 0.717) is 10.2 Å². The van der Waals surface area contributed by atoms with Gasteiger partial charge in [0.15, 0.2) is 0 Å². The minimum absolute atomic E-state index is 0.192. The van der Waals surface area contributed by atoms with Gasteiger partial charge in [0.05, 0.1) is 5.39 Å². The molecule has 16 heavy (non-hydrogen) atoms. The average Bonchev–Trinajstić information content (AvgIpc) is 2.62. The van der Waals surface area contributed by atoms with Gasteiger partial charge in [-0.3, -0.25) is 4.79 Å². The minimum atomic E-state index is -1.52. The summed E-state index contributed by atoms with van der Waals surface area (Å²) < 4.78 is 1.23. The van der Waals surface area contributed by atoms with Crippen molar-refractivity contribution in [3.8, 4) is 0 Å². The number of thiophene rings is 1. The Labute approximate surface area is 96.7 Å². The second kappa shape index (κ2) is 4.05. The number of pyridine rings is 1. The lowest BCUT2D eigenvalue weighted by Crippen LogP contribution is -2.26. The molecule has 2 aromatic rings. The second-order valence-electron chi connectivity index (χ2n) is 3.99. The molecule has 2 aromatic heterocycles. The van der Waals surface area contributed by atoms with Crippen molar-refractivity contribution in [2.45, 2.75) is 19.8 Å². The van der Waals surface area contributed by atoms with Crippen LogP contribution >= 0.6 is 11.3 Å². The van der Waals surface area contributed by atoms with Gasteiger partial charge in [0, 0.05) is 15.7 Å². The van der Waals surface area contributed by atoms with Crippen molar-refractivity contribution in [2.75, 3.05) is 0 Å². The van der Waals surface area contributed by atoms with Crippen molar-refractivity contribution in [1.29, 1.82) is 0 Å². The number of H-pyrrole nitrogens is 1. The summed E-state index contributed by atoms with van der Waals surface area (Å²) in [4.78, 5) is 14.2. The molecule has 2 heterocycles. The molecular weight excluding hydrogens is 225 g/mol. The van der Waals surface area contributed by atoms with E-state index >= 15 is 0 Å². The van der Waals surface area contributed by atoms with Crippen LogP contribution in [0.15, 0.2) is 17.1 Å². The van der Waals surface area contributed by atoms with Crippen LogP contribution in [0.2, 0.25) is 0 Å². The molecule has 0 bridgehead atoms. The Kier molecular flexibility index (Phi) is 2.88. The van der Waals surface area contributed by atoms with Crippen LogP contribution in [0, 0.1) is 0 Å². The third kappa shape index (κ3) is 1.79. The predicted molar refractivity (Wildman–Crippen MR) is 66.4 cm³/mol. The Morgan fingerprint density at radius 2 is 2.12 bits per heavy atom.